The molecule has 0 radical (unpaired) electrons. The molecule has 0 N–H and O–H groups in total. The number of hydrogen-bond acceptors (Lipinski definition) is 7. The monoisotopic (exact) mass is 418 g/mol. The largest absolute Gasteiger partial charge is 0.462 e. The van der Waals surface area contributed by atoms with Crippen molar-refractivity contribution in [1.82, 2.24) is 9.55 Å². The lowest BCUT2D eigenvalue weighted by Gasteiger charge is -2.40. The van der Waals surface area contributed by atoms with Crippen LogP contribution in [0.3, 0.4) is 0 Å². The van der Waals surface area contributed by atoms with Gasteiger partial charge < -0.3 is 19.3 Å². The van der Waals surface area contributed by atoms with Gasteiger partial charge in [0.15, 0.2) is 0 Å². The van der Waals surface area contributed by atoms with Crippen molar-refractivity contribution in [3.05, 3.63) is 16.4 Å². The van der Waals surface area contributed by atoms with Crippen LogP contribution in [0.4, 0.5) is 24.9 Å². The van der Waals surface area contributed by atoms with E-state index in [0.29, 0.717) is 19.8 Å². The Morgan fingerprint density at radius 2 is 2.10 bits per heavy atom. The number of esters is 1. The highest BCUT2D eigenvalue weighted by Gasteiger charge is 2.47. The third-order valence-electron chi connectivity index (χ3n) is 4.94. The van der Waals surface area contributed by atoms with E-state index in [0.717, 1.165) is 4.90 Å². The standard InChI is InChI=1S/C18H25F3N4O4/c1-11(2)29-16(27)9-25-13(18(19,20)21)4-5-24-15(26)8-14(22-17(24)25)23-6-7-28-10-12(23)3/h8,11-13H,4-7,9-10H2,1-3H3. The van der Waals surface area contributed by atoms with Crippen LogP contribution in [-0.4, -0.2) is 66.2 Å². The van der Waals surface area contributed by atoms with Crippen molar-refractivity contribution in [2.75, 3.05) is 36.1 Å². The molecule has 0 saturated carbocycles. The molecule has 2 unspecified atom stereocenters. The van der Waals surface area contributed by atoms with Gasteiger partial charge in [-0.25, -0.2) is 0 Å². The number of nitrogens with zero attached hydrogens (tertiary/aromatic N) is 4. The highest BCUT2D eigenvalue weighted by atomic mass is 19.4. The Labute approximate surface area is 166 Å². The molecule has 0 aliphatic carbocycles. The smallest absolute Gasteiger partial charge is 0.408 e. The third-order valence-corrected chi connectivity index (χ3v) is 4.94. The summed E-state index contributed by atoms with van der Waals surface area (Å²) in [5.41, 5.74) is -0.452. The van der Waals surface area contributed by atoms with Crippen molar-refractivity contribution in [3.8, 4) is 0 Å². The molecule has 29 heavy (non-hydrogen) atoms. The van der Waals surface area contributed by atoms with Gasteiger partial charge in [-0.3, -0.25) is 14.2 Å². The number of halogens is 3. The minimum atomic E-state index is -4.58. The van der Waals surface area contributed by atoms with Crippen molar-refractivity contribution in [3.63, 3.8) is 0 Å². The fourth-order valence-electron chi connectivity index (χ4n) is 3.63. The first-order valence-corrected chi connectivity index (χ1v) is 9.57. The van der Waals surface area contributed by atoms with Gasteiger partial charge >= 0.3 is 12.1 Å². The van der Waals surface area contributed by atoms with Crippen LogP contribution in [0, 0.1) is 0 Å². The Morgan fingerprint density at radius 3 is 2.72 bits per heavy atom. The molecular formula is C18H25F3N4O4. The molecule has 11 heteroatoms. The molecule has 8 nitrogen and oxygen atoms in total. The Hall–Kier alpha value is -2.30. The molecule has 2 aliphatic heterocycles. The molecule has 3 rings (SSSR count). The zero-order valence-electron chi connectivity index (χ0n) is 16.6. The van der Waals surface area contributed by atoms with Gasteiger partial charge in [-0.1, -0.05) is 0 Å². The van der Waals surface area contributed by atoms with Crippen LogP contribution >= 0.6 is 0 Å². The van der Waals surface area contributed by atoms with Crippen LogP contribution in [0.5, 0.6) is 0 Å². The first-order valence-electron chi connectivity index (χ1n) is 9.57. The van der Waals surface area contributed by atoms with Crippen LogP contribution in [0.15, 0.2) is 10.9 Å². The van der Waals surface area contributed by atoms with Gasteiger partial charge in [-0.2, -0.15) is 18.2 Å². The predicted octanol–water partition coefficient (Wildman–Crippen LogP) is 1.56. The van der Waals surface area contributed by atoms with Crippen molar-refractivity contribution in [1.29, 1.82) is 0 Å². The summed E-state index contributed by atoms with van der Waals surface area (Å²) in [5.74, 6) is -0.690. The molecular weight excluding hydrogens is 393 g/mol. The predicted molar refractivity (Wildman–Crippen MR) is 99.2 cm³/mol. The molecule has 0 amide bonds. The summed E-state index contributed by atoms with van der Waals surface area (Å²) in [6, 6.07) is -0.685. The summed E-state index contributed by atoms with van der Waals surface area (Å²) in [4.78, 5) is 31.8. The van der Waals surface area contributed by atoms with E-state index in [4.69, 9.17) is 9.47 Å². The molecule has 1 fully saturated rings. The van der Waals surface area contributed by atoms with E-state index in [1.165, 1.54) is 10.6 Å². The topological polar surface area (TPSA) is 76.9 Å². The van der Waals surface area contributed by atoms with Gasteiger partial charge in [0.2, 0.25) is 5.95 Å². The molecule has 1 aromatic heterocycles. The number of anilines is 2. The highest BCUT2D eigenvalue weighted by Crippen LogP contribution is 2.34. The molecule has 2 aliphatic rings. The number of ether oxygens (including phenoxy) is 2. The van der Waals surface area contributed by atoms with E-state index < -0.39 is 36.4 Å². The fraction of sp³-hybridized carbons (Fsp3) is 0.722. The van der Waals surface area contributed by atoms with Gasteiger partial charge in [-0.05, 0) is 27.2 Å². The molecule has 0 bridgehead atoms. The number of carbonyl (C=O) groups excluding carboxylic acids is 1. The molecule has 3 heterocycles. The Bertz CT molecular complexity index is 811. The van der Waals surface area contributed by atoms with Crippen LogP contribution < -0.4 is 15.4 Å². The summed E-state index contributed by atoms with van der Waals surface area (Å²) in [6.07, 6.45) is -5.39. The fourth-order valence-corrected chi connectivity index (χ4v) is 3.63. The molecule has 1 aromatic rings. The SMILES string of the molecule is CC(C)OC(=O)CN1c2nc(N3CCOCC3C)cc(=O)n2CCC1C(F)(F)F. The van der Waals surface area contributed by atoms with Crippen molar-refractivity contribution >= 4 is 17.7 Å². The number of rotatable bonds is 4. The van der Waals surface area contributed by atoms with E-state index >= 15 is 0 Å². The number of carbonyl (C=O) groups is 1. The summed E-state index contributed by atoms with van der Waals surface area (Å²) >= 11 is 0. The van der Waals surface area contributed by atoms with Crippen LogP contribution in [0.2, 0.25) is 0 Å². The molecule has 162 valence electrons. The summed E-state index contributed by atoms with van der Waals surface area (Å²) in [7, 11) is 0. The molecule has 0 aromatic carbocycles. The average Bonchev–Trinajstić information content (AvgIpc) is 2.60. The lowest BCUT2D eigenvalue weighted by molar-refractivity contribution is -0.156. The lowest BCUT2D eigenvalue weighted by Crippen LogP contribution is -2.54. The second-order valence-corrected chi connectivity index (χ2v) is 7.53. The normalized spacial score (nSPS) is 22.6. The Kier molecular flexibility index (Phi) is 6.06. The first-order chi connectivity index (χ1) is 13.6. The minimum absolute atomic E-state index is 0.0833. The summed E-state index contributed by atoms with van der Waals surface area (Å²) in [6.45, 7) is 5.67. The van der Waals surface area contributed by atoms with Crippen molar-refractivity contribution in [2.45, 2.75) is 58.1 Å². The van der Waals surface area contributed by atoms with Crippen molar-refractivity contribution < 1.29 is 27.4 Å². The van der Waals surface area contributed by atoms with E-state index in [1.54, 1.807) is 13.8 Å². The average molecular weight is 418 g/mol. The highest BCUT2D eigenvalue weighted by molar-refractivity contribution is 5.75. The first kappa shape index (κ1) is 21.4. The van der Waals surface area contributed by atoms with E-state index in [9.17, 15) is 22.8 Å². The zero-order chi connectivity index (χ0) is 21.3. The number of fused-ring (bicyclic) bond motifs is 1. The molecule has 0 spiro atoms. The molecule has 1 saturated heterocycles. The van der Waals surface area contributed by atoms with Crippen LogP contribution in [0.1, 0.15) is 27.2 Å². The zero-order valence-corrected chi connectivity index (χ0v) is 16.6. The van der Waals surface area contributed by atoms with Crippen LogP contribution in [0.25, 0.3) is 0 Å². The third kappa shape index (κ3) is 4.65. The van der Waals surface area contributed by atoms with E-state index in [1.807, 2.05) is 11.8 Å². The quantitative estimate of drug-likeness (QED) is 0.687. The second kappa shape index (κ2) is 8.21. The number of morpholine rings is 1. The number of hydrogen-bond donors (Lipinski definition) is 0. The number of aromatic nitrogens is 2. The van der Waals surface area contributed by atoms with Gasteiger partial charge in [0.25, 0.3) is 5.56 Å². The minimum Gasteiger partial charge on any atom is -0.462 e. The lowest BCUT2D eigenvalue weighted by atomic mass is 10.1. The van der Waals surface area contributed by atoms with E-state index in [2.05, 4.69) is 4.98 Å². The van der Waals surface area contributed by atoms with Gasteiger partial charge in [0.05, 0.1) is 25.4 Å². The van der Waals surface area contributed by atoms with Crippen molar-refractivity contribution in [2.24, 2.45) is 0 Å². The molecule has 2 atom stereocenters. The van der Waals surface area contributed by atoms with Gasteiger partial charge in [0, 0.05) is 19.2 Å². The Balaban J connectivity index is 2.02. The van der Waals surface area contributed by atoms with Crippen LogP contribution in [-0.2, 0) is 20.8 Å². The maximum absolute atomic E-state index is 13.7. The van der Waals surface area contributed by atoms with Gasteiger partial charge in [0.1, 0.15) is 18.4 Å². The van der Waals surface area contributed by atoms with Gasteiger partial charge in [-0.15, -0.1) is 0 Å². The Morgan fingerprint density at radius 1 is 1.38 bits per heavy atom. The summed E-state index contributed by atoms with van der Waals surface area (Å²) < 4.78 is 52.6. The maximum Gasteiger partial charge on any atom is 0.408 e. The maximum atomic E-state index is 13.7. The second-order valence-electron chi connectivity index (χ2n) is 7.53. The number of alkyl halides is 3. The summed E-state index contributed by atoms with van der Waals surface area (Å²) in [5, 5.41) is 0. The van der Waals surface area contributed by atoms with E-state index in [-0.39, 0.29) is 30.8 Å².